The predicted molar refractivity (Wildman–Crippen MR) is 158 cm³/mol. The maximum Gasteiger partial charge on any atom is 0.297 e. The molecule has 0 radical (unpaired) electrons. The van der Waals surface area contributed by atoms with Gasteiger partial charge in [0.1, 0.15) is 14.7 Å². The molecule has 16 nitrogen and oxygen atoms in total. The first-order chi connectivity index (χ1) is 20.4. The molecule has 0 amide bonds. The number of fused-ring (bicyclic) bond motifs is 2. The minimum atomic E-state index is -5.13. The molecule has 0 bridgehead atoms. The van der Waals surface area contributed by atoms with Gasteiger partial charge in [-0.15, -0.1) is 0 Å². The quantitative estimate of drug-likeness (QED) is 0.137. The monoisotopic (exact) mass is 700 g/mol. The first-order valence-corrected chi connectivity index (χ1v) is 16.6. The highest BCUT2D eigenvalue weighted by Gasteiger charge is 2.33. The number of aromatic nitrogens is 3. The molecule has 1 aliphatic carbocycles. The van der Waals surface area contributed by atoms with Crippen LogP contribution in [-0.2, 0) is 30.4 Å². The van der Waals surface area contributed by atoms with E-state index < -0.39 is 62.2 Å². The molecule has 3 aromatic carbocycles. The van der Waals surface area contributed by atoms with Gasteiger partial charge in [0, 0.05) is 22.0 Å². The van der Waals surface area contributed by atoms with Gasteiger partial charge in [-0.2, -0.15) is 45.3 Å². The summed E-state index contributed by atoms with van der Waals surface area (Å²) < 4.78 is 102. The van der Waals surface area contributed by atoms with Crippen molar-refractivity contribution in [2.24, 2.45) is 5.10 Å². The zero-order chi connectivity index (χ0) is 32.2. The highest BCUT2D eigenvalue weighted by molar-refractivity contribution is 7.91. The van der Waals surface area contributed by atoms with Crippen molar-refractivity contribution in [2.75, 3.05) is 10.7 Å². The van der Waals surface area contributed by atoms with Gasteiger partial charge in [0.2, 0.25) is 22.3 Å². The average molecular weight is 702 g/mol. The van der Waals surface area contributed by atoms with E-state index in [-0.39, 0.29) is 44.1 Å². The van der Waals surface area contributed by atoms with Crippen molar-refractivity contribution in [1.29, 1.82) is 0 Å². The fourth-order valence-electron chi connectivity index (χ4n) is 4.24. The van der Waals surface area contributed by atoms with E-state index in [1.165, 1.54) is 18.2 Å². The van der Waals surface area contributed by atoms with Crippen LogP contribution in [0.3, 0.4) is 0 Å². The van der Waals surface area contributed by atoms with Gasteiger partial charge >= 0.3 is 0 Å². The van der Waals surface area contributed by atoms with Crippen molar-refractivity contribution in [1.82, 2.24) is 15.0 Å². The van der Waals surface area contributed by atoms with Crippen LogP contribution in [0.25, 0.3) is 16.8 Å². The fraction of sp³-hybridized carbons (Fsp3) is 0. The standard InChI is InChI=1S/C23H14Cl2N6O10S3/c24-21-27-22(25)29-23(28-21)26-11-4-5-12-10(8-11)9-17(43(36,37)38)18(19(12)32)31-30-15-7-6-13-14(20(15)44(39,40)41)2-1-3-16(13)42(33,34)35/h1-9,30H,(H,33,34,35)(H,36,37,38)(H,39,40,41)(H,26,27,28,29)/b31-18+. The molecule has 5 N–H and O–H groups in total. The Morgan fingerprint density at radius 3 is 2.07 bits per heavy atom. The summed E-state index contributed by atoms with van der Waals surface area (Å²) in [7, 11) is -15.1. The second-order valence-corrected chi connectivity index (χ2v) is 13.6. The van der Waals surface area contributed by atoms with Crippen molar-refractivity contribution in [3.05, 3.63) is 75.1 Å². The zero-order valence-corrected chi connectivity index (χ0v) is 25.1. The SMILES string of the molecule is O=C1/C(=N/Nc2ccc3c(S(=O)(=O)O)cccc3c2S(=O)(=O)O)C(S(=O)(=O)O)=Cc2cc(Nc3nc(Cl)nc(Cl)n3)ccc21. The lowest BCUT2D eigenvalue weighted by molar-refractivity contribution is 0.106. The topological polar surface area (TPSA) is 255 Å². The molecule has 1 aromatic heterocycles. The lowest BCUT2D eigenvalue weighted by Crippen LogP contribution is -2.27. The lowest BCUT2D eigenvalue weighted by Gasteiger charge is -2.18. The number of allylic oxidation sites excluding steroid dienone is 1. The molecule has 0 saturated heterocycles. The van der Waals surface area contributed by atoms with Crippen LogP contribution in [0.5, 0.6) is 0 Å². The molecule has 0 saturated carbocycles. The van der Waals surface area contributed by atoms with Crippen molar-refractivity contribution >= 4 is 99.2 Å². The molecule has 0 aliphatic heterocycles. The van der Waals surface area contributed by atoms with E-state index in [0.29, 0.717) is 0 Å². The number of hydrazone groups is 1. The van der Waals surface area contributed by atoms with Crippen LogP contribution >= 0.6 is 23.2 Å². The number of Topliss-reactive ketones (excluding diaryl/α,β-unsaturated/α-hetero) is 1. The van der Waals surface area contributed by atoms with Gasteiger partial charge in [0.05, 0.1) is 5.69 Å². The number of rotatable bonds is 7. The van der Waals surface area contributed by atoms with Gasteiger partial charge in [-0.05, 0) is 65.2 Å². The molecule has 1 heterocycles. The largest absolute Gasteiger partial charge is 0.324 e. The first kappa shape index (κ1) is 31.3. The number of carbonyl (C=O) groups is 1. The third kappa shape index (κ3) is 6.25. The van der Waals surface area contributed by atoms with Crippen LogP contribution < -0.4 is 10.7 Å². The number of hydrogen-bond acceptors (Lipinski definition) is 13. The number of anilines is 3. The summed E-state index contributed by atoms with van der Waals surface area (Å²) in [5.41, 5.74) is 1.01. The van der Waals surface area contributed by atoms with Crippen LogP contribution in [0, 0.1) is 0 Å². The Hall–Kier alpha value is -4.08. The maximum atomic E-state index is 13.4. The van der Waals surface area contributed by atoms with Crippen LogP contribution in [0.1, 0.15) is 15.9 Å². The van der Waals surface area contributed by atoms with Gasteiger partial charge in [-0.3, -0.25) is 23.9 Å². The maximum absolute atomic E-state index is 13.4. The number of carbonyl (C=O) groups excluding carboxylic acids is 1. The molecule has 21 heteroatoms. The Bertz CT molecular complexity index is 2290. The van der Waals surface area contributed by atoms with E-state index in [1.54, 1.807) is 0 Å². The van der Waals surface area contributed by atoms with Gasteiger partial charge < -0.3 is 5.32 Å². The molecule has 0 atom stereocenters. The van der Waals surface area contributed by atoms with E-state index in [1.807, 2.05) is 0 Å². The summed E-state index contributed by atoms with van der Waals surface area (Å²) in [4.78, 5) is 22.1. The fourth-order valence-corrected chi connectivity index (χ4v) is 6.81. The van der Waals surface area contributed by atoms with Gasteiger partial charge in [0.15, 0.2) is 5.71 Å². The van der Waals surface area contributed by atoms with Crippen molar-refractivity contribution < 1.29 is 43.7 Å². The normalized spacial score (nSPS) is 14.8. The molecule has 0 spiro atoms. The number of nitrogens with one attached hydrogen (secondary N) is 2. The third-order valence-corrected chi connectivity index (χ3v) is 9.01. The minimum absolute atomic E-state index is 0.0138. The molecular formula is C23H14Cl2N6O10S3. The van der Waals surface area contributed by atoms with E-state index in [0.717, 1.165) is 36.4 Å². The highest BCUT2D eigenvalue weighted by atomic mass is 35.5. The van der Waals surface area contributed by atoms with Crippen molar-refractivity contribution in [3.8, 4) is 0 Å². The molecular weight excluding hydrogens is 687 g/mol. The van der Waals surface area contributed by atoms with E-state index in [4.69, 9.17) is 23.2 Å². The number of nitrogens with zero attached hydrogens (tertiary/aromatic N) is 4. The summed E-state index contributed by atoms with van der Waals surface area (Å²) in [5, 5.41) is 5.41. The molecule has 44 heavy (non-hydrogen) atoms. The Kier molecular flexibility index (Phi) is 7.93. The van der Waals surface area contributed by atoms with E-state index in [9.17, 15) is 43.7 Å². The smallest absolute Gasteiger partial charge is 0.297 e. The summed E-state index contributed by atoms with van der Waals surface area (Å²) >= 11 is 11.5. The first-order valence-electron chi connectivity index (χ1n) is 11.5. The summed E-state index contributed by atoms with van der Waals surface area (Å²) in [6.07, 6.45) is 0.924. The van der Waals surface area contributed by atoms with Crippen LogP contribution in [0.4, 0.5) is 17.3 Å². The summed E-state index contributed by atoms with van der Waals surface area (Å²) in [6.45, 7) is 0. The third-order valence-electron chi connectivity index (χ3n) is 5.94. The summed E-state index contributed by atoms with van der Waals surface area (Å²) in [5.74, 6) is -1.08. The van der Waals surface area contributed by atoms with Crippen molar-refractivity contribution in [3.63, 3.8) is 0 Å². The van der Waals surface area contributed by atoms with Gasteiger partial charge in [-0.1, -0.05) is 18.2 Å². The number of benzene rings is 3. The Labute approximate surface area is 257 Å². The van der Waals surface area contributed by atoms with Crippen molar-refractivity contribution in [2.45, 2.75) is 9.79 Å². The van der Waals surface area contributed by atoms with E-state index >= 15 is 0 Å². The molecule has 0 fully saturated rings. The molecule has 228 valence electrons. The van der Waals surface area contributed by atoms with Gasteiger partial charge in [0.25, 0.3) is 30.4 Å². The van der Waals surface area contributed by atoms with E-state index in [2.05, 4.69) is 30.8 Å². The number of hydrogen-bond donors (Lipinski definition) is 5. The lowest BCUT2D eigenvalue weighted by atomic mass is 9.94. The molecule has 5 rings (SSSR count). The minimum Gasteiger partial charge on any atom is -0.324 e. The Morgan fingerprint density at radius 2 is 1.45 bits per heavy atom. The molecule has 4 aromatic rings. The Balaban J connectivity index is 1.60. The van der Waals surface area contributed by atoms with Crippen LogP contribution in [-0.4, -0.2) is 65.4 Å². The average Bonchev–Trinajstić information content (AvgIpc) is 2.89. The van der Waals surface area contributed by atoms with Crippen LogP contribution in [0.2, 0.25) is 10.6 Å². The highest BCUT2D eigenvalue weighted by Crippen LogP contribution is 2.35. The zero-order valence-electron chi connectivity index (χ0n) is 21.2. The molecule has 0 unspecified atom stereocenters. The van der Waals surface area contributed by atoms with Gasteiger partial charge in [-0.25, -0.2) is 0 Å². The number of ketones is 1. The predicted octanol–water partition coefficient (Wildman–Crippen LogP) is 3.46. The molecule has 1 aliphatic rings. The number of halogens is 2. The Morgan fingerprint density at radius 1 is 0.773 bits per heavy atom. The second-order valence-electron chi connectivity index (χ2n) is 8.75. The van der Waals surface area contributed by atoms with Crippen LogP contribution in [0.15, 0.2) is 68.3 Å². The summed E-state index contributed by atoms with van der Waals surface area (Å²) in [6, 6.07) is 9.26. The second kappa shape index (κ2) is 11.1.